The molecule has 0 amide bonds. The molecule has 1 aromatic heterocycles. The first kappa shape index (κ1) is 12.1. The van der Waals surface area contributed by atoms with Crippen LogP contribution in [0.1, 0.15) is 50.1 Å². The average molecular weight is 238 g/mol. The highest BCUT2D eigenvalue weighted by atomic mass is 16.5. The Morgan fingerprint density at radius 3 is 3.06 bits per heavy atom. The average Bonchev–Trinajstić information content (AvgIpc) is 2.83. The lowest BCUT2D eigenvalue weighted by atomic mass is 10.1. The molecule has 0 aliphatic carbocycles. The number of nitrogens with zero attached hydrogens (tertiary/aromatic N) is 2. The van der Waals surface area contributed by atoms with Crippen molar-refractivity contribution in [3.8, 4) is 0 Å². The van der Waals surface area contributed by atoms with Gasteiger partial charge in [-0.25, -0.2) is 0 Å². The third-order valence-electron chi connectivity index (χ3n) is 3.16. The van der Waals surface area contributed by atoms with E-state index in [-0.39, 0.29) is 12.6 Å². The molecule has 1 saturated heterocycles. The zero-order chi connectivity index (χ0) is 12.4. The largest absolute Gasteiger partial charge is 0.480 e. The van der Waals surface area contributed by atoms with Crippen molar-refractivity contribution < 1.29 is 14.4 Å². The van der Waals surface area contributed by atoms with E-state index in [2.05, 4.69) is 5.16 Å². The highest BCUT2D eigenvalue weighted by Gasteiger charge is 2.30. The molecule has 1 aliphatic heterocycles. The first-order valence-electron chi connectivity index (χ1n) is 6.00. The van der Waals surface area contributed by atoms with Crippen LogP contribution in [-0.4, -0.2) is 34.2 Å². The second-order valence-electron chi connectivity index (χ2n) is 4.83. The van der Waals surface area contributed by atoms with Crippen molar-refractivity contribution in [3.05, 3.63) is 17.5 Å². The van der Waals surface area contributed by atoms with Gasteiger partial charge < -0.3 is 9.63 Å². The summed E-state index contributed by atoms with van der Waals surface area (Å²) in [6.07, 6.45) is 1.97. The van der Waals surface area contributed by atoms with Gasteiger partial charge in [0.15, 0.2) is 0 Å². The van der Waals surface area contributed by atoms with E-state index in [1.165, 1.54) is 0 Å². The van der Waals surface area contributed by atoms with Gasteiger partial charge in [0.1, 0.15) is 11.5 Å². The summed E-state index contributed by atoms with van der Waals surface area (Å²) in [6.45, 7) is 5.00. The molecular formula is C12H18N2O3. The lowest BCUT2D eigenvalue weighted by Gasteiger charge is -2.19. The van der Waals surface area contributed by atoms with Crippen molar-refractivity contribution in [2.45, 2.75) is 38.6 Å². The van der Waals surface area contributed by atoms with Gasteiger partial charge in [-0.3, -0.25) is 9.69 Å². The summed E-state index contributed by atoms with van der Waals surface area (Å²) in [6, 6.07) is 2.05. The summed E-state index contributed by atoms with van der Waals surface area (Å²) in [5.41, 5.74) is 0.868. The second-order valence-corrected chi connectivity index (χ2v) is 4.83. The van der Waals surface area contributed by atoms with Crippen LogP contribution in [-0.2, 0) is 4.79 Å². The molecule has 1 aromatic rings. The standard InChI is InChI=1S/C12H18N2O3/c1-8(2)11-6-9(13-17-11)10-4-3-5-14(10)7-12(15)16/h6,8,10H,3-5,7H2,1-2H3,(H,15,16). The SMILES string of the molecule is CC(C)c1cc(C2CCCN2CC(=O)O)no1. The van der Waals surface area contributed by atoms with E-state index in [0.29, 0.717) is 5.92 Å². The molecule has 0 aromatic carbocycles. The molecular weight excluding hydrogens is 220 g/mol. The van der Waals surface area contributed by atoms with Gasteiger partial charge in [0.2, 0.25) is 0 Å². The molecule has 2 rings (SSSR count). The summed E-state index contributed by atoms with van der Waals surface area (Å²) in [5, 5.41) is 12.9. The number of likely N-dealkylation sites (tertiary alicyclic amines) is 1. The molecule has 1 unspecified atom stereocenters. The van der Waals surface area contributed by atoms with Crippen LogP contribution in [0.15, 0.2) is 10.6 Å². The quantitative estimate of drug-likeness (QED) is 0.869. The van der Waals surface area contributed by atoms with Crippen LogP contribution >= 0.6 is 0 Å². The Hall–Kier alpha value is -1.36. The van der Waals surface area contributed by atoms with E-state index in [9.17, 15) is 4.79 Å². The van der Waals surface area contributed by atoms with Gasteiger partial charge >= 0.3 is 5.97 Å². The Bertz CT molecular complexity index is 400. The topological polar surface area (TPSA) is 66.6 Å². The van der Waals surface area contributed by atoms with Gasteiger partial charge in [0.05, 0.1) is 12.6 Å². The Kier molecular flexibility index (Phi) is 3.47. The molecule has 1 atom stereocenters. The van der Waals surface area contributed by atoms with Gasteiger partial charge in [-0.2, -0.15) is 0 Å². The van der Waals surface area contributed by atoms with Crippen LogP contribution < -0.4 is 0 Å². The number of carboxylic acid groups (broad SMARTS) is 1. The zero-order valence-corrected chi connectivity index (χ0v) is 10.2. The van der Waals surface area contributed by atoms with Gasteiger partial charge in [-0.1, -0.05) is 19.0 Å². The van der Waals surface area contributed by atoms with Crippen molar-refractivity contribution in [3.63, 3.8) is 0 Å². The predicted molar refractivity (Wildman–Crippen MR) is 61.8 cm³/mol. The summed E-state index contributed by atoms with van der Waals surface area (Å²) >= 11 is 0. The molecule has 0 radical (unpaired) electrons. The maximum absolute atomic E-state index is 10.8. The number of carbonyl (C=O) groups is 1. The number of hydrogen-bond acceptors (Lipinski definition) is 4. The number of rotatable bonds is 4. The molecule has 5 nitrogen and oxygen atoms in total. The summed E-state index contributed by atoms with van der Waals surface area (Å²) < 4.78 is 5.27. The van der Waals surface area contributed by atoms with E-state index >= 15 is 0 Å². The van der Waals surface area contributed by atoms with Gasteiger partial charge in [0, 0.05) is 12.0 Å². The smallest absolute Gasteiger partial charge is 0.317 e. The monoisotopic (exact) mass is 238 g/mol. The molecule has 0 saturated carbocycles. The third-order valence-corrected chi connectivity index (χ3v) is 3.16. The fourth-order valence-electron chi connectivity index (χ4n) is 2.26. The Labute approximate surface area is 100 Å². The second kappa shape index (κ2) is 4.87. The van der Waals surface area contributed by atoms with Gasteiger partial charge in [0.25, 0.3) is 0 Å². The van der Waals surface area contributed by atoms with E-state index in [0.717, 1.165) is 30.8 Å². The summed E-state index contributed by atoms with van der Waals surface area (Å²) in [5.74, 6) is 0.386. The number of hydrogen-bond donors (Lipinski definition) is 1. The minimum atomic E-state index is -0.788. The number of aliphatic carboxylic acids is 1. The van der Waals surface area contributed by atoms with Crippen LogP contribution in [0.4, 0.5) is 0 Å². The Morgan fingerprint density at radius 2 is 2.47 bits per heavy atom. The fraction of sp³-hybridized carbons (Fsp3) is 0.667. The highest BCUT2D eigenvalue weighted by molar-refractivity contribution is 5.69. The maximum Gasteiger partial charge on any atom is 0.317 e. The van der Waals surface area contributed by atoms with Crippen LogP contribution in [0.5, 0.6) is 0 Å². The van der Waals surface area contributed by atoms with Gasteiger partial charge in [-0.05, 0) is 19.4 Å². The van der Waals surface area contributed by atoms with Crippen LogP contribution in [0.2, 0.25) is 0 Å². The molecule has 0 spiro atoms. The van der Waals surface area contributed by atoms with Crippen molar-refractivity contribution in [2.75, 3.05) is 13.1 Å². The predicted octanol–water partition coefficient (Wildman–Crippen LogP) is 2.02. The molecule has 17 heavy (non-hydrogen) atoms. The number of aromatic nitrogens is 1. The zero-order valence-electron chi connectivity index (χ0n) is 10.2. The first-order chi connectivity index (χ1) is 8.08. The van der Waals surface area contributed by atoms with Gasteiger partial charge in [-0.15, -0.1) is 0 Å². The maximum atomic E-state index is 10.8. The van der Waals surface area contributed by atoms with E-state index in [4.69, 9.17) is 9.63 Å². The van der Waals surface area contributed by atoms with Crippen molar-refractivity contribution >= 4 is 5.97 Å². The molecule has 1 fully saturated rings. The molecule has 2 heterocycles. The van der Waals surface area contributed by atoms with Crippen LogP contribution in [0.25, 0.3) is 0 Å². The van der Waals surface area contributed by atoms with Crippen molar-refractivity contribution in [1.82, 2.24) is 10.1 Å². The first-order valence-corrected chi connectivity index (χ1v) is 6.00. The lowest BCUT2D eigenvalue weighted by Crippen LogP contribution is -2.29. The normalized spacial score (nSPS) is 21.2. The molecule has 1 N–H and O–H groups in total. The molecule has 0 bridgehead atoms. The van der Waals surface area contributed by atoms with Crippen molar-refractivity contribution in [1.29, 1.82) is 0 Å². The van der Waals surface area contributed by atoms with E-state index in [1.54, 1.807) is 0 Å². The van der Waals surface area contributed by atoms with E-state index in [1.807, 2.05) is 24.8 Å². The van der Waals surface area contributed by atoms with Crippen molar-refractivity contribution in [2.24, 2.45) is 0 Å². The summed E-state index contributed by atoms with van der Waals surface area (Å²) in [7, 11) is 0. The number of carboxylic acids is 1. The minimum Gasteiger partial charge on any atom is -0.480 e. The summed E-state index contributed by atoms with van der Waals surface area (Å²) in [4.78, 5) is 12.7. The minimum absolute atomic E-state index is 0.0779. The Balaban J connectivity index is 2.11. The Morgan fingerprint density at radius 1 is 1.71 bits per heavy atom. The molecule has 5 heteroatoms. The van der Waals surface area contributed by atoms with Crippen LogP contribution in [0, 0.1) is 0 Å². The van der Waals surface area contributed by atoms with Crippen LogP contribution in [0.3, 0.4) is 0 Å². The molecule has 94 valence electrons. The third kappa shape index (κ3) is 2.66. The van der Waals surface area contributed by atoms with E-state index < -0.39 is 5.97 Å². The lowest BCUT2D eigenvalue weighted by molar-refractivity contribution is -0.138. The molecule has 1 aliphatic rings. The fourth-order valence-corrected chi connectivity index (χ4v) is 2.26. The highest BCUT2D eigenvalue weighted by Crippen LogP contribution is 2.32.